The largest absolute Gasteiger partial charge is 0.460 e. The van der Waals surface area contributed by atoms with E-state index in [9.17, 15) is 9.18 Å². The first-order valence-corrected chi connectivity index (χ1v) is 9.68. The molecule has 2 aromatic rings. The molecule has 1 aromatic heterocycles. The topological polar surface area (TPSA) is 64.8 Å². The first-order valence-electron chi connectivity index (χ1n) is 8.73. The van der Waals surface area contributed by atoms with Crippen LogP contribution in [0.5, 0.6) is 5.75 Å². The Labute approximate surface area is 155 Å². The van der Waals surface area contributed by atoms with Crippen molar-refractivity contribution >= 4 is 17.2 Å². The van der Waals surface area contributed by atoms with Gasteiger partial charge in [-0.05, 0) is 49.5 Å². The minimum absolute atomic E-state index is 0.0553. The van der Waals surface area contributed by atoms with Crippen LogP contribution in [0.3, 0.4) is 0 Å². The molecule has 0 saturated carbocycles. The van der Waals surface area contributed by atoms with Gasteiger partial charge in [-0.3, -0.25) is 9.69 Å². The highest BCUT2D eigenvalue weighted by atomic mass is 32.1. The van der Waals surface area contributed by atoms with E-state index in [0.717, 1.165) is 42.6 Å². The van der Waals surface area contributed by atoms with E-state index in [1.54, 1.807) is 11.3 Å². The van der Waals surface area contributed by atoms with E-state index in [4.69, 9.17) is 15.2 Å². The summed E-state index contributed by atoms with van der Waals surface area (Å²) < 4.78 is 25.9. The molecule has 1 amide bonds. The van der Waals surface area contributed by atoms with Gasteiger partial charge in [-0.2, -0.15) is 11.3 Å². The maximum absolute atomic E-state index is 14.1. The molecule has 1 aromatic carbocycles. The van der Waals surface area contributed by atoms with E-state index in [2.05, 4.69) is 4.90 Å². The minimum atomic E-state index is -0.460. The molecule has 0 aliphatic carbocycles. The molecule has 1 atom stereocenters. The van der Waals surface area contributed by atoms with Gasteiger partial charge < -0.3 is 15.2 Å². The number of hydrogen-bond acceptors (Lipinski definition) is 5. The fourth-order valence-corrected chi connectivity index (χ4v) is 4.25. The number of primary amides is 1. The lowest BCUT2D eigenvalue weighted by Gasteiger charge is -2.33. The SMILES string of the molecule is NC(=O)C1CCN(Cc2cc(F)cc3c2O[C@@H](c2ccsc2)OC3)CC1. The number of piperidine rings is 1. The van der Waals surface area contributed by atoms with Crippen LogP contribution >= 0.6 is 11.3 Å². The lowest BCUT2D eigenvalue weighted by atomic mass is 9.95. The second-order valence-electron chi connectivity index (χ2n) is 6.82. The summed E-state index contributed by atoms with van der Waals surface area (Å²) in [5.74, 6) is 0.144. The second kappa shape index (κ2) is 7.34. The van der Waals surface area contributed by atoms with Gasteiger partial charge in [0.05, 0.1) is 6.61 Å². The molecule has 4 rings (SSSR count). The first-order chi connectivity index (χ1) is 12.6. The normalized spacial score (nSPS) is 21.2. The summed E-state index contributed by atoms with van der Waals surface area (Å²) in [4.78, 5) is 13.5. The quantitative estimate of drug-likeness (QED) is 0.890. The molecule has 1 saturated heterocycles. The zero-order chi connectivity index (χ0) is 18.1. The van der Waals surface area contributed by atoms with Gasteiger partial charge in [0.25, 0.3) is 0 Å². The summed E-state index contributed by atoms with van der Waals surface area (Å²) in [5.41, 5.74) is 7.92. The van der Waals surface area contributed by atoms with Gasteiger partial charge in [0, 0.05) is 34.5 Å². The monoisotopic (exact) mass is 376 g/mol. The summed E-state index contributed by atoms with van der Waals surface area (Å²) in [7, 11) is 0. The van der Waals surface area contributed by atoms with Gasteiger partial charge in [-0.25, -0.2) is 4.39 Å². The summed E-state index contributed by atoms with van der Waals surface area (Å²) in [6.45, 7) is 2.44. The van der Waals surface area contributed by atoms with Crippen LogP contribution in [0.1, 0.15) is 35.8 Å². The molecule has 1 fully saturated rings. The molecule has 2 N–H and O–H groups in total. The summed E-state index contributed by atoms with van der Waals surface area (Å²) in [5, 5.41) is 3.97. The van der Waals surface area contributed by atoms with Crippen molar-refractivity contribution in [2.24, 2.45) is 11.7 Å². The third-order valence-electron chi connectivity index (χ3n) is 5.02. The van der Waals surface area contributed by atoms with Crippen LogP contribution in [-0.2, 0) is 22.7 Å². The number of ether oxygens (including phenoxy) is 2. The number of fused-ring (bicyclic) bond motifs is 1. The highest BCUT2D eigenvalue weighted by Gasteiger charge is 2.28. The Morgan fingerprint density at radius 2 is 2.15 bits per heavy atom. The highest BCUT2D eigenvalue weighted by molar-refractivity contribution is 7.07. The van der Waals surface area contributed by atoms with Crippen LogP contribution in [0, 0.1) is 11.7 Å². The average molecular weight is 376 g/mol. The van der Waals surface area contributed by atoms with Crippen molar-refractivity contribution in [1.82, 2.24) is 4.90 Å². The Bertz CT molecular complexity index is 788. The van der Waals surface area contributed by atoms with Crippen molar-refractivity contribution in [3.05, 3.63) is 51.5 Å². The molecular weight excluding hydrogens is 355 g/mol. The molecular formula is C19H21FN2O3S. The molecule has 2 aliphatic heterocycles. The number of benzene rings is 1. The Hall–Kier alpha value is -1.96. The van der Waals surface area contributed by atoms with Crippen molar-refractivity contribution in [1.29, 1.82) is 0 Å². The highest BCUT2D eigenvalue weighted by Crippen LogP contribution is 2.37. The van der Waals surface area contributed by atoms with Crippen LogP contribution in [-0.4, -0.2) is 23.9 Å². The Balaban J connectivity index is 1.52. The molecule has 0 bridgehead atoms. The average Bonchev–Trinajstić information content (AvgIpc) is 3.16. The molecule has 26 heavy (non-hydrogen) atoms. The van der Waals surface area contributed by atoms with Crippen molar-refractivity contribution in [3.63, 3.8) is 0 Å². The smallest absolute Gasteiger partial charge is 0.227 e. The third-order valence-corrected chi connectivity index (χ3v) is 5.72. The number of hydrogen-bond donors (Lipinski definition) is 1. The van der Waals surface area contributed by atoms with E-state index < -0.39 is 6.29 Å². The number of nitrogens with two attached hydrogens (primary N) is 1. The molecule has 0 radical (unpaired) electrons. The van der Waals surface area contributed by atoms with Crippen LogP contribution in [0.25, 0.3) is 0 Å². The maximum Gasteiger partial charge on any atom is 0.227 e. The molecule has 0 spiro atoms. The van der Waals surface area contributed by atoms with Crippen molar-refractivity contribution in [2.45, 2.75) is 32.3 Å². The van der Waals surface area contributed by atoms with Gasteiger partial charge in [-0.1, -0.05) is 0 Å². The Morgan fingerprint density at radius 3 is 2.85 bits per heavy atom. The number of halogens is 1. The van der Waals surface area contributed by atoms with E-state index >= 15 is 0 Å². The lowest BCUT2D eigenvalue weighted by Crippen LogP contribution is -2.38. The van der Waals surface area contributed by atoms with Crippen molar-refractivity contribution < 1.29 is 18.7 Å². The second-order valence-corrected chi connectivity index (χ2v) is 7.60. The van der Waals surface area contributed by atoms with Gasteiger partial charge in [0.2, 0.25) is 12.2 Å². The predicted molar refractivity (Wildman–Crippen MR) is 96.1 cm³/mol. The van der Waals surface area contributed by atoms with E-state index in [-0.39, 0.29) is 17.6 Å². The number of thiophene rings is 1. The van der Waals surface area contributed by atoms with Crippen LogP contribution in [0.15, 0.2) is 29.0 Å². The van der Waals surface area contributed by atoms with E-state index in [0.29, 0.717) is 18.9 Å². The fraction of sp³-hybridized carbons (Fsp3) is 0.421. The zero-order valence-electron chi connectivity index (χ0n) is 14.3. The maximum atomic E-state index is 14.1. The van der Waals surface area contributed by atoms with Gasteiger partial charge in [-0.15, -0.1) is 0 Å². The summed E-state index contributed by atoms with van der Waals surface area (Å²) in [6, 6.07) is 4.98. The third kappa shape index (κ3) is 3.60. The number of amides is 1. The standard InChI is InChI=1S/C19H21FN2O3S/c20-16-7-14(9-22-4-1-12(2-5-22)18(21)23)17-15(8-16)10-24-19(25-17)13-3-6-26-11-13/h3,6-8,11-12,19H,1-2,4-5,9-10H2,(H2,21,23)/t19-/m0/s1. The van der Waals surface area contributed by atoms with Gasteiger partial charge in [0.1, 0.15) is 11.6 Å². The number of likely N-dealkylation sites (tertiary alicyclic amines) is 1. The van der Waals surface area contributed by atoms with Crippen LogP contribution in [0.2, 0.25) is 0 Å². The minimum Gasteiger partial charge on any atom is -0.460 e. The lowest BCUT2D eigenvalue weighted by molar-refractivity contribution is -0.123. The van der Waals surface area contributed by atoms with Gasteiger partial charge >= 0.3 is 0 Å². The van der Waals surface area contributed by atoms with E-state index in [1.165, 1.54) is 12.1 Å². The fourth-order valence-electron chi connectivity index (χ4n) is 3.58. The number of carbonyl (C=O) groups excluding carboxylic acids is 1. The number of rotatable bonds is 4. The summed E-state index contributed by atoms with van der Waals surface area (Å²) in [6.07, 6.45) is 1.03. The number of nitrogens with zero attached hydrogens (tertiary/aromatic N) is 1. The first kappa shape index (κ1) is 17.5. The van der Waals surface area contributed by atoms with Crippen LogP contribution < -0.4 is 10.5 Å². The van der Waals surface area contributed by atoms with Crippen LogP contribution in [0.4, 0.5) is 4.39 Å². The molecule has 0 unspecified atom stereocenters. The molecule has 3 heterocycles. The summed E-state index contributed by atoms with van der Waals surface area (Å²) >= 11 is 1.59. The Kier molecular flexibility index (Phi) is 4.93. The predicted octanol–water partition coefficient (Wildman–Crippen LogP) is 3.19. The molecule has 5 nitrogen and oxygen atoms in total. The van der Waals surface area contributed by atoms with Crippen molar-refractivity contribution in [3.8, 4) is 5.75 Å². The molecule has 2 aliphatic rings. The molecule has 7 heteroatoms. The van der Waals surface area contributed by atoms with Crippen molar-refractivity contribution in [2.75, 3.05) is 13.1 Å². The van der Waals surface area contributed by atoms with Gasteiger partial charge in [0.15, 0.2) is 0 Å². The Morgan fingerprint density at radius 1 is 1.35 bits per heavy atom. The van der Waals surface area contributed by atoms with E-state index in [1.807, 2.05) is 16.8 Å². The molecule has 138 valence electrons. The zero-order valence-corrected chi connectivity index (χ0v) is 15.1. The number of carbonyl (C=O) groups is 1.